The summed E-state index contributed by atoms with van der Waals surface area (Å²) in [5.74, 6) is -0.328. The van der Waals surface area contributed by atoms with Crippen LogP contribution in [0.4, 0.5) is 0 Å². The highest BCUT2D eigenvalue weighted by molar-refractivity contribution is 5.90. The Labute approximate surface area is 162 Å². The number of benzene rings is 2. The minimum Gasteiger partial charge on any atom is -0.463 e. The molecule has 0 fully saturated rings. The van der Waals surface area contributed by atoms with Gasteiger partial charge in [0.15, 0.2) is 0 Å². The molecular formula is C25H28O2. The zero-order valence-electron chi connectivity index (χ0n) is 16.2. The maximum Gasteiger partial charge on any atom is 0.330 e. The van der Waals surface area contributed by atoms with Crippen molar-refractivity contribution in [1.29, 1.82) is 0 Å². The van der Waals surface area contributed by atoms with E-state index in [1.807, 2.05) is 0 Å². The quantitative estimate of drug-likeness (QED) is 0.315. The second-order valence-corrected chi connectivity index (χ2v) is 7.19. The molecule has 0 saturated heterocycles. The Morgan fingerprint density at radius 3 is 2.70 bits per heavy atom. The Hall–Kier alpha value is -2.61. The van der Waals surface area contributed by atoms with Gasteiger partial charge in [-0.2, -0.15) is 0 Å². The third kappa shape index (κ3) is 4.97. The van der Waals surface area contributed by atoms with Crippen molar-refractivity contribution in [2.24, 2.45) is 0 Å². The molecule has 0 amide bonds. The summed E-state index contributed by atoms with van der Waals surface area (Å²) in [4.78, 5) is 11.0. The molecule has 3 rings (SSSR count). The van der Waals surface area contributed by atoms with E-state index in [0.717, 1.165) is 32.1 Å². The molecule has 1 aliphatic rings. The molecule has 0 aliphatic heterocycles. The fraction of sp³-hybridized carbons (Fsp3) is 0.320. The lowest BCUT2D eigenvalue weighted by molar-refractivity contribution is -0.137. The van der Waals surface area contributed by atoms with Crippen LogP contribution in [0.3, 0.4) is 0 Å². The standard InChI is InChI=1S/C25H28O2/c1-3-25(26)27-16-9-5-4-6-12-20-13-10-14-21-17-22(18-24(20)21)23-15-8-7-11-19(23)2/h3,7-8,10-11,13-15,18H,1,4-6,9,12,16-17H2,2H3. The summed E-state index contributed by atoms with van der Waals surface area (Å²) >= 11 is 0. The van der Waals surface area contributed by atoms with Crippen molar-refractivity contribution in [2.75, 3.05) is 6.61 Å². The van der Waals surface area contributed by atoms with E-state index < -0.39 is 0 Å². The first-order valence-corrected chi connectivity index (χ1v) is 9.85. The third-order valence-corrected chi connectivity index (χ3v) is 5.23. The lowest BCUT2D eigenvalue weighted by atomic mass is 9.98. The Balaban J connectivity index is 1.54. The van der Waals surface area contributed by atoms with Gasteiger partial charge < -0.3 is 4.74 Å². The molecule has 2 nitrogen and oxygen atoms in total. The zero-order chi connectivity index (χ0) is 19.1. The van der Waals surface area contributed by atoms with E-state index >= 15 is 0 Å². The molecular weight excluding hydrogens is 332 g/mol. The summed E-state index contributed by atoms with van der Waals surface area (Å²) in [6, 6.07) is 15.4. The number of hydrogen-bond donors (Lipinski definition) is 0. The van der Waals surface area contributed by atoms with E-state index in [4.69, 9.17) is 4.74 Å². The second kappa shape index (κ2) is 9.36. The van der Waals surface area contributed by atoms with Crippen LogP contribution in [-0.4, -0.2) is 12.6 Å². The van der Waals surface area contributed by atoms with E-state index in [2.05, 4.69) is 62.0 Å². The molecule has 0 N–H and O–H groups in total. The summed E-state index contributed by atoms with van der Waals surface area (Å²) in [6.07, 6.45) is 10.1. The van der Waals surface area contributed by atoms with E-state index in [-0.39, 0.29) is 5.97 Å². The predicted octanol–water partition coefficient (Wildman–Crippen LogP) is 5.92. The number of unbranched alkanes of at least 4 members (excludes halogenated alkanes) is 3. The first kappa shape index (κ1) is 19.2. The number of carbonyl (C=O) groups is 1. The van der Waals surface area contributed by atoms with Crippen LogP contribution >= 0.6 is 0 Å². The molecule has 2 heteroatoms. The van der Waals surface area contributed by atoms with E-state index in [0.29, 0.717) is 6.61 Å². The largest absolute Gasteiger partial charge is 0.463 e. The van der Waals surface area contributed by atoms with Gasteiger partial charge in [-0.3, -0.25) is 0 Å². The molecule has 0 atom stereocenters. The maximum atomic E-state index is 11.0. The Morgan fingerprint density at radius 1 is 1.07 bits per heavy atom. The van der Waals surface area contributed by atoms with Gasteiger partial charge in [-0.05, 0) is 66.0 Å². The van der Waals surface area contributed by atoms with Crippen molar-refractivity contribution >= 4 is 17.6 Å². The molecule has 0 bridgehead atoms. The van der Waals surface area contributed by atoms with Gasteiger partial charge in [-0.25, -0.2) is 4.79 Å². The number of esters is 1. The van der Waals surface area contributed by atoms with Crippen LogP contribution in [0.5, 0.6) is 0 Å². The highest BCUT2D eigenvalue weighted by Crippen LogP contribution is 2.35. The van der Waals surface area contributed by atoms with Crippen molar-refractivity contribution in [3.63, 3.8) is 0 Å². The second-order valence-electron chi connectivity index (χ2n) is 7.19. The monoisotopic (exact) mass is 360 g/mol. The SMILES string of the molecule is C=CC(=O)OCCCCCCc1cccc2c1C=C(c1ccccc1C)C2. The van der Waals surface area contributed by atoms with E-state index in [9.17, 15) is 4.79 Å². The van der Waals surface area contributed by atoms with Gasteiger partial charge in [-0.15, -0.1) is 0 Å². The molecule has 0 unspecified atom stereocenters. The van der Waals surface area contributed by atoms with Crippen LogP contribution < -0.4 is 0 Å². The lowest BCUT2D eigenvalue weighted by Crippen LogP contribution is -2.01. The van der Waals surface area contributed by atoms with E-state index in [1.165, 1.54) is 45.9 Å². The van der Waals surface area contributed by atoms with Crippen LogP contribution in [0.15, 0.2) is 55.1 Å². The van der Waals surface area contributed by atoms with Gasteiger partial charge in [0.1, 0.15) is 0 Å². The molecule has 27 heavy (non-hydrogen) atoms. The molecule has 0 radical (unpaired) electrons. The van der Waals surface area contributed by atoms with Crippen LogP contribution in [0.25, 0.3) is 11.6 Å². The van der Waals surface area contributed by atoms with Gasteiger partial charge in [0, 0.05) is 6.08 Å². The molecule has 0 heterocycles. The average molecular weight is 360 g/mol. The van der Waals surface area contributed by atoms with E-state index in [1.54, 1.807) is 0 Å². The number of ether oxygens (including phenoxy) is 1. The number of allylic oxidation sites excluding steroid dienone is 1. The maximum absolute atomic E-state index is 11.0. The number of carbonyl (C=O) groups excluding carboxylic acids is 1. The molecule has 0 saturated carbocycles. The Kier molecular flexibility index (Phi) is 6.64. The summed E-state index contributed by atoms with van der Waals surface area (Å²) in [6.45, 7) is 6.08. The topological polar surface area (TPSA) is 26.3 Å². The minimum atomic E-state index is -0.328. The molecule has 0 spiro atoms. The van der Waals surface area contributed by atoms with Crippen molar-refractivity contribution in [3.8, 4) is 0 Å². The summed E-state index contributed by atoms with van der Waals surface area (Å²) in [5, 5.41) is 0. The van der Waals surface area contributed by atoms with Crippen molar-refractivity contribution in [2.45, 2.75) is 45.4 Å². The smallest absolute Gasteiger partial charge is 0.330 e. The first-order valence-electron chi connectivity index (χ1n) is 9.85. The number of rotatable bonds is 9. The highest BCUT2D eigenvalue weighted by atomic mass is 16.5. The fourth-order valence-corrected chi connectivity index (χ4v) is 3.76. The lowest BCUT2D eigenvalue weighted by Gasteiger charge is -2.07. The number of aryl methyl sites for hydroxylation is 2. The highest BCUT2D eigenvalue weighted by Gasteiger charge is 2.17. The van der Waals surface area contributed by atoms with Crippen molar-refractivity contribution in [3.05, 3.63) is 82.9 Å². The van der Waals surface area contributed by atoms with Crippen molar-refractivity contribution < 1.29 is 9.53 Å². The summed E-state index contributed by atoms with van der Waals surface area (Å²) < 4.78 is 5.02. The number of hydrogen-bond acceptors (Lipinski definition) is 2. The van der Waals surface area contributed by atoms with Gasteiger partial charge in [0.05, 0.1) is 6.61 Å². The summed E-state index contributed by atoms with van der Waals surface area (Å²) in [5.41, 5.74) is 8.47. The van der Waals surface area contributed by atoms with Gasteiger partial charge >= 0.3 is 5.97 Å². The average Bonchev–Trinajstić information content (AvgIpc) is 3.12. The molecule has 1 aliphatic carbocycles. The van der Waals surface area contributed by atoms with Gasteiger partial charge in [-0.1, -0.05) is 68.0 Å². The van der Waals surface area contributed by atoms with Gasteiger partial charge in [0.25, 0.3) is 0 Å². The predicted molar refractivity (Wildman–Crippen MR) is 113 cm³/mol. The van der Waals surface area contributed by atoms with Crippen LogP contribution in [0.1, 0.15) is 53.5 Å². The fourth-order valence-electron chi connectivity index (χ4n) is 3.76. The molecule has 140 valence electrons. The molecule has 0 aromatic heterocycles. The zero-order valence-corrected chi connectivity index (χ0v) is 16.2. The first-order chi connectivity index (χ1) is 13.2. The van der Waals surface area contributed by atoms with Crippen molar-refractivity contribution in [1.82, 2.24) is 0 Å². The normalized spacial score (nSPS) is 12.4. The number of fused-ring (bicyclic) bond motifs is 1. The van der Waals surface area contributed by atoms with Crippen LogP contribution in [0, 0.1) is 6.92 Å². The van der Waals surface area contributed by atoms with Gasteiger partial charge in [0.2, 0.25) is 0 Å². The third-order valence-electron chi connectivity index (χ3n) is 5.23. The van der Waals surface area contributed by atoms with Crippen LogP contribution in [-0.2, 0) is 22.4 Å². The Bertz CT molecular complexity index is 845. The van der Waals surface area contributed by atoms with Crippen LogP contribution in [0.2, 0.25) is 0 Å². The Morgan fingerprint density at radius 2 is 1.89 bits per heavy atom. The summed E-state index contributed by atoms with van der Waals surface area (Å²) in [7, 11) is 0. The molecule has 2 aromatic carbocycles. The minimum absolute atomic E-state index is 0.328. The molecule has 2 aromatic rings.